The Morgan fingerprint density at radius 2 is 1.97 bits per heavy atom. The average Bonchev–Trinajstić information content (AvgIpc) is 3.30. The average molecular weight is 438 g/mol. The molecule has 1 unspecified atom stereocenters. The Morgan fingerprint density at radius 1 is 1.28 bits per heavy atom. The molecule has 1 aromatic carbocycles. The van der Waals surface area contributed by atoms with E-state index in [2.05, 4.69) is 10.4 Å². The fourth-order valence-electron chi connectivity index (χ4n) is 4.05. The highest BCUT2D eigenvalue weighted by molar-refractivity contribution is 7.90. The van der Waals surface area contributed by atoms with E-state index in [0.717, 1.165) is 37.5 Å². The van der Waals surface area contributed by atoms with Crippen molar-refractivity contribution in [3.63, 3.8) is 0 Å². The first-order valence-corrected chi connectivity index (χ1v) is 12.3. The van der Waals surface area contributed by atoms with Crippen LogP contribution in [0.5, 0.6) is 0 Å². The van der Waals surface area contributed by atoms with Gasteiger partial charge in [-0.05, 0) is 56.2 Å². The van der Waals surface area contributed by atoms with E-state index in [4.69, 9.17) is 11.6 Å². The highest BCUT2D eigenvalue weighted by Crippen LogP contribution is 2.40. The Bertz CT molecular complexity index is 979. The maximum Gasteiger partial charge on any atom is 0.226 e. The molecule has 2 aromatic rings. The molecule has 1 aliphatic rings. The minimum atomic E-state index is -3.39. The number of sulfone groups is 1. The van der Waals surface area contributed by atoms with Gasteiger partial charge in [0, 0.05) is 31.0 Å². The van der Waals surface area contributed by atoms with E-state index in [9.17, 15) is 13.2 Å². The first-order valence-electron chi connectivity index (χ1n) is 9.99. The van der Waals surface area contributed by atoms with Gasteiger partial charge in [0.15, 0.2) is 15.7 Å². The van der Waals surface area contributed by atoms with Crippen molar-refractivity contribution in [3.8, 4) is 0 Å². The number of hydrogen-bond donors (Lipinski definition) is 1. The monoisotopic (exact) mass is 437 g/mol. The second kappa shape index (κ2) is 8.88. The van der Waals surface area contributed by atoms with E-state index in [-0.39, 0.29) is 27.8 Å². The van der Waals surface area contributed by atoms with E-state index in [0.29, 0.717) is 18.2 Å². The van der Waals surface area contributed by atoms with Crippen molar-refractivity contribution < 1.29 is 13.2 Å². The summed E-state index contributed by atoms with van der Waals surface area (Å²) in [4.78, 5) is 12.9. The van der Waals surface area contributed by atoms with Gasteiger partial charge in [-0.25, -0.2) is 8.42 Å². The van der Waals surface area contributed by atoms with Crippen molar-refractivity contribution in [2.75, 3.05) is 11.6 Å². The van der Waals surface area contributed by atoms with Crippen LogP contribution in [0.3, 0.4) is 0 Å². The molecule has 1 aromatic heterocycles. The molecule has 0 bridgehead atoms. The number of nitrogens with zero attached hydrogens (tertiary/aromatic N) is 2. The number of carbonyl (C=O) groups excluding carboxylic acids is 1. The Balaban J connectivity index is 1.80. The summed E-state index contributed by atoms with van der Waals surface area (Å²) >= 11 is 6.27. The molecule has 8 heteroatoms. The van der Waals surface area contributed by atoms with Crippen molar-refractivity contribution in [2.45, 2.75) is 62.8 Å². The number of carbonyl (C=O) groups is 1. The molecular formula is C21H28ClN3O3S. The molecule has 1 aliphatic carbocycles. The number of aromatic nitrogens is 2. The van der Waals surface area contributed by atoms with Crippen LogP contribution in [0.1, 0.15) is 63.5 Å². The van der Waals surface area contributed by atoms with Crippen LogP contribution in [0.25, 0.3) is 0 Å². The second-order valence-electron chi connectivity index (χ2n) is 8.14. The Morgan fingerprint density at radius 3 is 2.52 bits per heavy atom. The third-order valence-electron chi connectivity index (χ3n) is 5.56. The summed E-state index contributed by atoms with van der Waals surface area (Å²) in [6, 6.07) is 7.08. The maximum absolute atomic E-state index is 12.8. The SMILES string of the molecule is CC(C)n1ccc(NC(=O)CC(c2ccc(S(C)(=O)=O)c(Cl)c2)C2CCCC2)n1. The molecule has 158 valence electrons. The first kappa shape index (κ1) is 21.8. The topological polar surface area (TPSA) is 81.1 Å². The van der Waals surface area contributed by atoms with Crippen LogP contribution in [-0.2, 0) is 14.6 Å². The number of halogens is 1. The molecule has 1 amide bonds. The molecule has 0 saturated heterocycles. The van der Waals surface area contributed by atoms with Crippen molar-refractivity contribution in [2.24, 2.45) is 5.92 Å². The summed E-state index contributed by atoms with van der Waals surface area (Å²) < 4.78 is 25.5. The van der Waals surface area contributed by atoms with E-state index < -0.39 is 9.84 Å². The van der Waals surface area contributed by atoms with Crippen LogP contribution in [-0.4, -0.2) is 30.4 Å². The normalized spacial score (nSPS) is 16.3. The zero-order chi connectivity index (χ0) is 21.2. The summed E-state index contributed by atoms with van der Waals surface area (Å²) in [6.07, 6.45) is 7.72. The zero-order valence-corrected chi connectivity index (χ0v) is 18.6. The molecular weight excluding hydrogens is 410 g/mol. The molecule has 6 nitrogen and oxygen atoms in total. The van der Waals surface area contributed by atoms with Crippen LogP contribution in [0, 0.1) is 5.92 Å². The van der Waals surface area contributed by atoms with Crippen molar-refractivity contribution in [3.05, 3.63) is 41.0 Å². The van der Waals surface area contributed by atoms with E-state index in [1.54, 1.807) is 28.9 Å². The highest BCUT2D eigenvalue weighted by atomic mass is 35.5. The third-order valence-corrected chi connectivity index (χ3v) is 7.14. The second-order valence-corrected chi connectivity index (χ2v) is 10.5. The standard InChI is InChI=1S/C21H28ClN3O3S/c1-14(2)25-11-10-20(24-25)23-21(26)13-17(15-6-4-5-7-15)16-8-9-19(18(22)12-16)29(3,27)28/h8-12,14-15,17H,4-7,13H2,1-3H3,(H,23,24,26). The van der Waals surface area contributed by atoms with Crippen LogP contribution < -0.4 is 5.32 Å². The van der Waals surface area contributed by atoms with Crippen LogP contribution in [0.2, 0.25) is 5.02 Å². The van der Waals surface area contributed by atoms with E-state index in [1.807, 2.05) is 20.0 Å². The summed E-state index contributed by atoms with van der Waals surface area (Å²) in [7, 11) is -3.39. The molecule has 1 fully saturated rings. The summed E-state index contributed by atoms with van der Waals surface area (Å²) in [5.41, 5.74) is 0.914. The Kier molecular flexibility index (Phi) is 6.69. The van der Waals surface area contributed by atoms with E-state index >= 15 is 0 Å². The van der Waals surface area contributed by atoms with Gasteiger partial charge in [0.25, 0.3) is 0 Å². The Labute approximate surface area is 177 Å². The lowest BCUT2D eigenvalue weighted by Gasteiger charge is -2.24. The predicted molar refractivity (Wildman–Crippen MR) is 115 cm³/mol. The maximum atomic E-state index is 12.8. The number of hydrogen-bond acceptors (Lipinski definition) is 4. The molecule has 29 heavy (non-hydrogen) atoms. The molecule has 1 N–H and O–H groups in total. The first-order chi connectivity index (χ1) is 13.6. The van der Waals surface area contributed by atoms with Crippen molar-refractivity contribution in [1.82, 2.24) is 9.78 Å². The lowest BCUT2D eigenvalue weighted by atomic mass is 9.82. The van der Waals surface area contributed by atoms with Crippen LogP contribution in [0.15, 0.2) is 35.4 Å². The number of amides is 1. The smallest absolute Gasteiger partial charge is 0.226 e. The van der Waals surface area contributed by atoms with Crippen LogP contribution in [0.4, 0.5) is 5.82 Å². The van der Waals surface area contributed by atoms with E-state index in [1.165, 1.54) is 0 Å². The third kappa shape index (κ3) is 5.39. The van der Waals surface area contributed by atoms with Crippen molar-refractivity contribution in [1.29, 1.82) is 0 Å². The van der Waals surface area contributed by atoms with Gasteiger partial charge in [0.05, 0.1) is 9.92 Å². The number of nitrogens with one attached hydrogen (secondary N) is 1. The van der Waals surface area contributed by atoms with Gasteiger partial charge in [-0.2, -0.15) is 5.10 Å². The number of rotatable bonds is 7. The fraction of sp³-hybridized carbons (Fsp3) is 0.524. The van der Waals surface area contributed by atoms with Gasteiger partial charge < -0.3 is 5.32 Å². The lowest BCUT2D eigenvalue weighted by Crippen LogP contribution is -2.20. The van der Waals surface area contributed by atoms with Crippen molar-refractivity contribution >= 4 is 33.2 Å². The minimum Gasteiger partial charge on any atom is -0.309 e. The molecule has 3 rings (SSSR count). The van der Waals surface area contributed by atoms with Crippen LogP contribution >= 0.6 is 11.6 Å². The van der Waals surface area contributed by atoms with Gasteiger partial charge in [-0.3, -0.25) is 9.48 Å². The largest absolute Gasteiger partial charge is 0.309 e. The molecule has 0 radical (unpaired) electrons. The van der Waals surface area contributed by atoms with Gasteiger partial charge in [0.2, 0.25) is 5.91 Å². The highest BCUT2D eigenvalue weighted by Gasteiger charge is 2.29. The fourth-order valence-corrected chi connectivity index (χ4v) is 5.39. The Hall–Kier alpha value is -1.86. The minimum absolute atomic E-state index is 0.00389. The summed E-state index contributed by atoms with van der Waals surface area (Å²) in [6.45, 7) is 4.05. The van der Waals surface area contributed by atoms with Gasteiger partial charge in [0.1, 0.15) is 0 Å². The quantitative estimate of drug-likeness (QED) is 0.673. The molecule has 1 heterocycles. The molecule has 1 atom stereocenters. The predicted octanol–water partition coefficient (Wildman–Crippen LogP) is 4.82. The molecule has 0 aliphatic heterocycles. The van der Waals surface area contributed by atoms with Gasteiger partial charge in [-0.1, -0.05) is 30.5 Å². The molecule has 0 spiro atoms. The van der Waals surface area contributed by atoms with Gasteiger partial charge in [-0.15, -0.1) is 0 Å². The zero-order valence-electron chi connectivity index (χ0n) is 17.1. The molecule has 1 saturated carbocycles. The number of anilines is 1. The summed E-state index contributed by atoms with van der Waals surface area (Å²) in [5, 5.41) is 7.48. The number of benzene rings is 1. The van der Waals surface area contributed by atoms with Gasteiger partial charge >= 0.3 is 0 Å². The summed E-state index contributed by atoms with van der Waals surface area (Å²) in [5.74, 6) is 0.823. The lowest BCUT2D eigenvalue weighted by molar-refractivity contribution is -0.116.